The average Bonchev–Trinajstić information content (AvgIpc) is 2.94. The number of hydrogen-bond acceptors (Lipinski definition) is 7. The highest BCUT2D eigenvalue weighted by Gasteiger charge is 2.17. The van der Waals surface area contributed by atoms with Gasteiger partial charge in [-0.05, 0) is 13.0 Å². The standard InChI is InChI=1S/C14H12ClN3O5S/c1-2-23-12(19)5-8-7-24-14(16-8)17-13(20)10-6-9(18(21)22)3-4-11(10)15/h3-4,6-7H,2,5H2,1H3,(H,16,17,20). The first-order chi connectivity index (χ1) is 11.4. The molecular formula is C14H12ClN3O5S. The number of benzene rings is 1. The van der Waals surface area contributed by atoms with Crippen LogP contribution in [0.25, 0.3) is 0 Å². The molecule has 0 bridgehead atoms. The van der Waals surface area contributed by atoms with Gasteiger partial charge in [-0.3, -0.25) is 25.0 Å². The van der Waals surface area contributed by atoms with Gasteiger partial charge in [0, 0.05) is 17.5 Å². The lowest BCUT2D eigenvalue weighted by atomic mass is 10.2. The van der Waals surface area contributed by atoms with Crippen molar-refractivity contribution < 1.29 is 19.2 Å². The zero-order chi connectivity index (χ0) is 17.7. The average molecular weight is 370 g/mol. The van der Waals surface area contributed by atoms with Gasteiger partial charge in [0.1, 0.15) is 0 Å². The van der Waals surface area contributed by atoms with Crippen LogP contribution in [0.2, 0.25) is 5.02 Å². The summed E-state index contributed by atoms with van der Waals surface area (Å²) in [4.78, 5) is 37.8. The second-order valence-electron chi connectivity index (χ2n) is 4.50. The largest absolute Gasteiger partial charge is 0.466 e. The van der Waals surface area contributed by atoms with Crippen LogP contribution < -0.4 is 5.32 Å². The van der Waals surface area contributed by atoms with E-state index in [4.69, 9.17) is 16.3 Å². The summed E-state index contributed by atoms with van der Waals surface area (Å²) in [6.07, 6.45) is -0.00221. The number of rotatable bonds is 6. The maximum Gasteiger partial charge on any atom is 0.311 e. The molecule has 10 heteroatoms. The molecule has 0 radical (unpaired) electrons. The van der Waals surface area contributed by atoms with Crippen molar-refractivity contribution in [2.45, 2.75) is 13.3 Å². The highest BCUT2D eigenvalue weighted by atomic mass is 35.5. The van der Waals surface area contributed by atoms with Gasteiger partial charge in [-0.25, -0.2) is 4.98 Å². The van der Waals surface area contributed by atoms with E-state index in [-0.39, 0.29) is 34.4 Å². The van der Waals surface area contributed by atoms with E-state index in [1.807, 2.05) is 0 Å². The van der Waals surface area contributed by atoms with Crippen LogP contribution >= 0.6 is 22.9 Å². The fourth-order valence-corrected chi connectivity index (χ4v) is 2.68. The predicted octanol–water partition coefficient (Wildman–Crippen LogP) is 3.06. The topological polar surface area (TPSA) is 111 Å². The summed E-state index contributed by atoms with van der Waals surface area (Å²) in [6.45, 7) is 1.98. The van der Waals surface area contributed by atoms with E-state index in [2.05, 4.69) is 10.3 Å². The Hall–Kier alpha value is -2.52. The normalized spacial score (nSPS) is 10.2. The number of carbonyl (C=O) groups is 2. The van der Waals surface area contributed by atoms with Crippen molar-refractivity contribution in [1.82, 2.24) is 4.98 Å². The molecule has 2 aromatic rings. The molecular weight excluding hydrogens is 358 g/mol. The lowest BCUT2D eigenvalue weighted by molar-refractivity contribution is -0.384. The number of nitrogens with zero attached hydrogens (tertiary/aromatic N) is 2. The van der Waals surface area contributed by atoms with Gasteiger partial charge in [0.2, 0.25) is 0 Å². The number of aromatic nitrogens is 1. The number of anilines is 1. The SMILES string of the molecule is CCOC(=O)Cc1csc(NC(=O)c2cc([N+](=O)[O-])ccc2Cl)n1. The number of amides is 1. The number of thiazole rings is 1. The zero-order valence-electron chi connectivity index (χ0n) is 12.4. The molecule has 0 aliphatic rings. The van der Waals surface area contributed by atoms with Crippen molar-refractivity contribution in [3.05, 3.63) is 50.0 Å². The quantitative estimate of drug-likeness (QED) is 0.475. The van der Waals surface area contributed by atoms with Gasteiger partial charge in [-0.15, -0.1) is 11.3 Å². The summed E-state index contributed by atoms with van der Waals surface area (Å²) >= 11 is 7.03. The molecule has 1 heterocycles. The minimum atomic E-state index is -0.624. The van der Waals surface area contributed by atoms with Crippen LogP contribution in [0, 0.1) is 10.1 Å². The minimum absolute atomic E-state index is 0.00221. The first-order valence-electron chi connectivity index (χ1n) is 6.76. The van der Waals surface area contributed by atoms with Gasteiger partial charge in [-0.1, -0.05) is 11.6 Å². The van der Waals surface area contributed by atoms with Gasteiger partial charge in [0.15, 0.2) is 5.13 Å². The lowest BCUT2D eigenvalue weighted by Gasteiger charge is -2.04. The van der Waals surface area contributed by atoms with Crippen LogP contribution in [0.5, 0.6) is 0 Å². The number of hydrogen-bond donors (Lipinski definition) is 1. The first-order valence-corrected chi connectivity index (χ1v) is 8.01. The van der Waals surface area contributed by atoms with Crippen molar-refractivity contribution in [1.29, 1.82) is 0 Å². The highest BCUT2D eigenvalue weighted by Crippen LogP contribution is 2.24. The number of nitro groups is 1. The number of non-ortho nitro benzene ring substituents is 1. The Labute approximate surface area is 145 Å². The summed E-state index contributed by atoms with van der Waals surface area (Å²) in [5, 5.41) is 15.2. The van der Waals surface area contributed by atoms with E-state index in [0.717, 1.165) is 17.4 Å². The maximum atomic E-state index is 12.2. The second-order valence-corrected chi connectivity index (χ2v) is 5.77. The Morgan fingerprint density at radius 2 is 2.21 bits per heavy atom. The Morgan fingerprint density at radius 1 is 1.46 bits per heavy atom. The minimum Gasteiger partial charge on any atom is -0.466 e. The number of esters is 1. The number of nitro benzene ring substituents is 1. The Morgan fingerprint density at radius 3 is 2.88 bits per heavy atom. The summed E-state index contributed by atoms with van der Waals surface area (Å²) in [6, 6.07) is 3.58. The van der Waals surface area contributed by atoms with E-state index in [1.165, 1.54) is 12.1 Å². The molecule has 0 fully saturated rings. The van der Waals surface area contributed by atoms with E-state index >= 15 is 0 Å². The van der Waals surface area contributed by atoms with Crippen molar-refractivity contribution in [2.75, 3.05) is 11.9 Å². The molecule has 2 rings (SSSR count). The third-order valence-electron chi connectivity index (χ3n) is 2.81. The predicted molar refractivity (Wildman–Crippen MR) is 88.5 cm³/mol. The van der Waals surface area contributed by atoms with E-state index in [9.17, 15) is 19.7 Å². The van der Waals surface area contributed by atoms with Crippen LogP contribution in [0.1, 0.15) is 23.0 Å². The van der Waals surface area contributed by atoms with E-state index < -0.39 is 16.8 Å². The number of carbonyl (C=O) groups excluding carboxylic acids is 2. The summed E-state index contributed by atoms with van der Waals surface area (Å²) in [5.74, 6) is -1.04. The van der Waals surface area contributed by atoms with Gasteiger partial charge in [0.05, 0.1) is 34.2 Å². The molecule has 24 heavy (non-hydrogen) atoms. The van der Waals surface area contributed by atoms with Crippen LogP contribution in [-0.4, -0.2) is 28.4 Å². The fourth-order valence-electron chi connectivity index (χ4n) is 1.77. The Bertz CT molecular complexity index is 792. The van der Waals surface area contributed by atoms with Crippen molar-refractivity contribution in [2.24, 2.45) is 0 Å². The summed E-state index contributed by atoms with van der Waals surface area (Å²) in [7, 11) is 0. The molecule has 1 aromatic carbocycles. The van der Waals surface area contributed by atoms with Crippen molar-refractivity contribution in [3.8, 4) is 0 Å². The molecule has 0 aliphatic heterocycles. The fraction of sp³-hybridized carbons (Fsp3) is 0.214. The molecule has 0 saturated heterocycles. The first kappa shape index (κ1) is 17.8. The van der Waals surface area contributed by atoms with E-state index in [0.29, 0.717) is 5.69 Å². The van der Waals surface area contributed by atoms with Crippen molar-refractivity contribution in [3.63, 3.8) is 0 Å². The molecule has 1 aromatic heterocycles. The smallest absolute Gasteiger partial charge is 0.311 e. The number of ether oxygens (including phenoxy) is 1. The zero-order valence-corrected chi connectivity index (χ0v) is 14.0. The Balaban J connectivity index is 2.10. The van der Waals surface area contributed by atoms with Gasteiger partial charge in [-0.2, -0.15) is 0 Å². The molecule has 1 N–H and O–H groups in total. The Kier molecular flexibility index (Phi) is 5.83. The third-order valence-corrected chi connectivity index (χ3v) is 3.94. The van der Waals surface area contributed by atoms with Crippen LogP contribution in [-0.2, 0) is 16.0 Å². The monoisotopic (exact) mass is 369 g/mol. The van der Waals surface area contributed by atoms with Gasteiger partial charge in [0.25, 0.3) is 11.6 Å². The van der Waals surface area contributed by atoms with E-state index in [1.54, 1.807) is 12.3 Å². The molecule has 0 aliphatic carbocycles. The molecule has 0 spiro atoms. The van der Waals surface area contributed by atoms with Gasteiger partial charge < -0.3 is 4.74 Å². The van der Waals surface area contributed by atoms with Crippen molar-refractivity contribution >= 4 is 45.6 Å². The summed E-state index contributed by atoms with van der Waals surface area (Å²) < 4.78 is 4.81. The lowest BCUT2D eigenvalue weighted by Crippen LogP contribution is -2.13. The van der Waals surface area contributed by atoms with Crippen LogP contribution in [0.3, 0.4) is 0 Å². The van der Waals surface area contributed by atoms with Gasteiger partial charge >= 0.3 is 5.97 Å². The molecule has 1 amide bonds. The number of halogens is 1. The molecule has 8 nitrogen and oxygen atoms in total. The van der Waals surface area contributed by atoms with Crippen LogP contribution in [0.4, 0.5) is 10.8 Å². The second kappa shape index (κ2) is 7.84. The molecule has 0 unspecified atom stereocenters. The third kappa shape index (κ3) is 4.49. The summed E-state index contributed by atoms with van der Waals surface area (Å²) in [5.41, 5.74) is 0.179. The highest BCUT2D eigenvalue weighted by molar-refractivity contribution is 7.14. The molecule has 0 atom stereocenters. The number of nitrogens with one attached hydrogen (secondary N) is 1. The molecule has 0 saturated carbocycles. The van der Waals surface area contributed by atoms with Crippen LogP contribution in [0.15, 0.2) is 23.6 Å². The molecule has 126 valence electrons. The maximum absolute atomic E-state index is 12.2.